The van der Waals surface area contributed by atoms with Crippen molar-refractivity contribution >= 4 is 0 Å². The summed E-state index contributed by atoms with van der Waals surface area (Å²) in [6, 6.07) is 18.9. The van der Waals surface area contributed by atoms with Crippen molar-refractivity contribution in [2.24, 2.45) is 0 Å². The summed E-state index contributed by atoms with van der Waals surface area (Å²) in [4.78, 5) is 11.3. The van der Waals surface area contributed by atoms with E-state index in [1.54, 1.807) is 13.4 Å². The Hall–Kier alpha value is -2.72. The first-order valence-corrected chi connectivity index (χ1v) is 8.52. The van der Waals surface area contributed by atoms with Crippen molar-refractivity contribution in [3.8, 4) is 5.75 Å². The summed E-state index contributed by atoms with van der Waals surface area (Å²) < 4.78 is 5.25. The molecule has 4 rings (SSSR count). The fourth-order valence-electron chi connectivity index (χ4n) is 3.51. The van der Waals surface area contributed by atoms with Gasteiger partial charge in [-0.25, -0.2) is 9.97 Å². The maximum Gasteiger partial charge on any atom is 0.118 e. The van der Waals surface area contributed by atoms with Crippen LogP contribution < -0.4 is 4.74 Å². The van der Waals surface area contributed by atoms with Crippen LogP contribution in [0, 0.1) is 0 Å². The molecule has 25 heavy (non-hydrogen) atoms. The molecule has 0 aliphatic carbocycles. The smallest absolute Gasteiger partial charge is 0.118 e. The molecule has 1 aliphatic rings. The van der Waals surface area contributed by atoms with E-state index < -0.39 is 0 Å². The van der Waals surface area contributed by atoms with Gasteiger partial charge >= 0.3 is 0 Å². The molecule has 1 atom stereocenters. The highest BCUT2D eigenvalue weighted by molar-refractivity contribution is 5.35. The third-order valence-corrected chi connectivity index (χ3v) is 4.75. The van der Waals surface area contributed by atoms with Gasteiger partial charge in [-0.2, -0.15) is 0 Å². The maximum atomic E-state index is 5.25. The average Bonchev–Trinajstić information content (AvgIpc) is 2.68. The number of aromatic nitrogens is 2. The van der Waals surface area contributed by atoms with Crippen LogP contribution in [0.15, 0.2) is 67.1 Å². The van der Waals surface area contributed by atoms with Crippen molar-refractivity contribution in [2.75, 3.05) is 13.7 Å². The van der Waals surface area contributed by atoms with Crippen molar-refractivity contribution in [3.63, 3.8) is 0 Å². The molecule has 1 aliphatic heterocycles. The van der Waals surface area contributed by atoms with Crippen LogP contribution in [0.4, 0.5) is 0 Å². The molecule has 0 fully saturated rings. The summed E-state index contributed by atoms with van der Waals surface area (Å²) in [6.45, 7) is 2.74. The monoisotopic (exact) mass is 331 g/mol. The van der Waals surface area contributed by atoms with Gasteiger partial charge in [0.05, 0.1) is 12.8 Å². The molecule has 0 radical (unpaired) electrons. The lowest BCUT2D eigenvalue weighted by Crippen LogP contribution is -2.34. The number of hydrogen-bond acceptors (Lipinski definition) is 4. The molecule has 0 saturated carbocycles. The molecule has 0 spiro atoms. The Morgan fingerprint density at radius 3 is 2.64 bits per heavy atom. The van der Waals surface area contributed by atoms with Gasteiger partial charge in [0.25, 0.3) is 0 Å². The van der Waals surface area contributed by atoms with E-state index in [2.05, 4.69) is 57.3 Å². The highest BCUT2D eigenvalue weighted by Gasteiger charge is 2.27. The highest BCUT2D eigenvalue weighted by Crippen LogP contribution is 2.32. The van der Waals surface area contributed by atoms with Gasteiger partial charge in [0.1, 0.15) is 12.1 Å². The number of rotatable bonds is 4. The summed E-state index contributed by atoms with van der Waals surface area (Å²) in [7, 11) is 1.70. The Morgan fingerprint density at radius 2 is 1.88 bits per heavy atom. The summed E-state index contributed by atoms with van der Waals surface area (Å²) in [6.07, 6.45) is 3.62. The van der Waals surface area contributed by atoms with Crippen LogP contribution in [-0.4, -0.2) is 28.5 Å². The largest absolute Gasteiger partial charge is 0.497 e. The molecule has 1 unspecified atom stereocenters. The van der Waals surface area contributed by atoms with Crippen molar-refractivity contribution in [3.05, 3.63) is 89.5 Å². The lowest BCUT2D eigenvalue weighted by Gasteiger charge is -2.34. The van der Waals surface area contributed by atoms with Crippen LogP contribution in [0.1, 0.15) is 28.3 Å². The predicted octanol–water partition coefficient (Wildman–Crippen LogP) is 3.63. The number of benzene rings is 2. The van der Waals surface area contributed by atoms with Gasteiger partial charge in [0, 0.05) is 37.3 Å². The van der Waals surface area contributed by atoms with Crippen LogP contribution in [0.25, 0.3) is 0 Å². The number of fused-ring (bicyclic) bond motifs is 1. The minimum absolute atomic E-state index is 0.284. The Balaban J connectivity index is 1.60. The number of methoxy groups -OCH3 is 1. The molecule has 0 amide bonds. The maximum absolute atomic E-state index is 5.25. The lowest BCUT2D eigenvalue weighted by molar-refractivity contribution is 0.229. The van der Waals surface area contributed by atoms with E-state index in [1.807, 2.05) is 18.3 Å². The summed E-state index contributed by atoms with van der Waals surface area (Å²) in [5, 5.41) is 0. The first-order valence-electron chi connectivity index (χ1n) is 8.52. The number of ether oxygens (including phenoxy) is 1. The molecule has 0 N–H and O–H groups in total. The van der Waals surface area contributed by atoms with Gasteiger partial charge in [-0.05, 0) is 23.3 Å². The SMILES string of the molecule is COc1ccc(CN2Cc3cncnc3C(c3ccccc3)C2)cc1. The van der Waals surface area contributed by atoms with Crippen molar-refractivity contribution in [1.29, 1.82) is 0 Å². The quantitative estimate of drug-likeness (QED) is 0.732. The first-order chi connectivity index (χ1) is 12.3. The molecule has 4 heteroatoms. The minimum Gasteiger partial charge on any atom is -0.497 e. The summed E-state index contributed by atoms with van der Waals surface area (Å²) in [5.74, 6) is 1.18. The van der Waals surface area contributed by atoms with Gasteiger partial charge in [-0.1, -0.05) is 42.5 Å². The Kier molecular flexibility index (Phi) is 4.44. The Labute approximate surface area is 148 Å². The molecular weight excluding hydrogens is 310 g/mol. The standard InChI is InChI=1S/C21H21N3O/c1-25-19-9-7-16(8-10-19)12-24-13-18-11-22-15-23-21(18)20(14-24)17-5-3-2-4-6-17/h2-11,15,20H,12-14H2,1H3. The third kappa shape index (κ3) is 3.39. The molecule has 4 nitrogen and oxygen atoms in total. The van der Waals surface area contributed by atoms with E-state index in [0.29, 0.717) is 0 Å². The number of hydrogen-bond donors (Lipinski definition) is 0. The zero-order valence-electron chi connectivity index (χ0n) is 14.3. The average molecular weight is 331 g/mol. The zero-order valence-corrected chi connectivity index (χ0v) is 14.3. The van der Waals surface area contributed by atoms with Crippen molar-refractivity contribution in [1.82, 2.24) is 14.9 Å². The number of nitrogens with zero attached hydrogens (tertiary/aromatic N) is 3. The van der Waals surface area contributed by atoms with E-state index in [0.717, 1.165) is 31.1 Å². The van der Waals surface area contributed by atoms with Gasteiger partial charge in [-0.15, -0.1) is 0 Å². The molecule has 2 aromatic carbocycles. The van der Waals surface area contributed by atoms with Crippen LogP contribution in [0.5, 0.6) is 5.75 Å². The molecule has 3 aromatic rings. The second-order valence-corrected chi connectivity index (χ2v) is 6.41. The van der Waals surface area contributed by atoms with Crippen molar-refractivity contribution < 1.29 is 4.74 Å². The van der Waals surface area contributed by atoms with Crippen LogP contribution >= 0.6 is 0 Å². The summed E-state index contributed by atoms with van der Waals surface area (Å²) in [5.41, 5.74) is 4.97. The fourth-order valence-corrected chi connectivity index (χ4v) is 3.51. The topological polar surface area (TPSA) is 38.2 Å². The molecular formula is C21H21N3O. The second kappa shape index (κ2) is 7.03. The van der Waals surface area contributed by atoms with Crippen LogP contribution in [-0.2, 0) is 13.1 Å². The zero-order chi connectivity index (χ0) is 17.1. The van der Waals surface area contributed by atoms with E-state index in [1.165, 1.54) is 16.7 Å². The predicted molar refractivity (Wildman–Crippen MR) is 97.4 cm³/mol. The molecule has 0 bridgehead atoms. The van der Waals surface area contributed by atoms with Crippen LogP contribution in [0.3, 0.4) is 0 Å². The summed E-state index contributed by atoms with van der Waals surface area (Å²) >= 11 is 0. The van der Waals surface area contributed by atoms with Crippen molar-refractivity contribution in [2.45, 2.75) is 19.0 Å². The second-order valence-electron chi connectivity index (χ2n) is 6.41. The van der Waals surface area contributed by atoms with Gasteiger partial charge in [0.15, 0.2) is 0 Å². The molecule has 0 saturated heterocycles. The van der Waals surface area contributed by atoms with Gasteiger partial charge < -0.3 is 4.74 Å². The minimum atomic E-state index is 0.284. The van der Waals surface area contributed by atoms with E-state index >= 15 is 0 Å². The Morgan fingerprint density at radius 1 is 1.08 bits per heavy atom. The Bertz CT molecular complexity index is 833. The molecule has 1 aromatic heterocycles. The molecule has 126 valence electrons. The van der Waals surface area contributed by atoms with Gasteiger partial charge in [0.2, 0.25) is 0 Å². The van der Waals surface area contributed by atoms with Crippen LogP contribution in [0.2, 0.25) is 0 Å². The fraction of sp³-hybridized carbons (Fsp3) is 0.238. The highest BCUT2D eigenvalue weighted by atomic mass is 16.5. The third-order valence-electron chi connectivity index (χ3n) is 4.75. The van der Waals surface area contributed by atoms with E-state index in [4.69, 9.17) is 4.74 Å². The molecule has 2 heterocycles. The van der Waals surface area contributed by atoms with Gasteiger partial charge in [-0.3, -0.25) is 4.90 Å². The lowest BCUT2D eigenvalue weighted by atomic mass is 9.89. The van der Waals surface area contributed by atoms with E-state index in [-0.39, 0.29) is 5.92 Å². The first kappa shape index (κ1) is 15.8. The normalized spacial score (nSPS) is 17.1. The van der Waals surface area contributed by atoms with E-state index in [9.17, 15) is 0 Å².